The van der Waals surface area contributed by atoms with Crippen molar-refractivity contribution in [3.05, 3.63) is 85.4 Å². The molecule has 3 aromatic rings. The van der Waals surface area contributed by atoms with Gasteiger partial charge < -0.3 is 5.73 Å². The molecule has 0 aliphatic carbocycles. The van der Waals surface area contributed by atoms with E-state index in [9.17, 15) is 18.4 Å². The standard InChI is InChI=1S/C20H9BrCl2F2N3O2/c21-8-6-9-17(18(29)15-12(24)4-5-13(26)16(15)25)28(19(9)27-7-8)20(30)14-10(22)2-1-3-11(14)23/h1-7H,26H2/q+1. The topological polar surface area (TPSA) is 76.1 Å². The number of hydrogen-bond donors (Lipinski definition) is 1. The first-order valence-electron chi connectivity index (χ1n) is 8.32. The fourth-order valence-corrected chi connectivity index (χ4v) is 3.98. The molecule has 0 radical (unpaired) electrons. The molecule has 5 nitrogen and oxygen atoms in total. The van der Waals surface area contributed by atoms with Crippen molar-refractivity contribution in [3.8, 4) is 0 Å². The van der Waals surface area contributed by atoms with Gasteiger partial charge in [0.05, 0.1) is 20.2 Å². The van der Waals surface area contributed by atoms with E-state index in [0.29, 0.717) is 4.47 Å². The number of nitrogens with two attached hydrogens (primary N) is 1. The Kier molecular flexibility index (Phi) is 5.17. The van der Waals surface area contributed by atoms with Crippen molar-refractivity contribution in [2.45, 2.75) is 0 Å². The molecule has 1 aliphatic heterocycles. The van der Waals surface area contributed by atoms with Gasteiger partial charge in [-0.25, -0.2) is 13.6 Å². The lowest BCUT2D eigenvalue weighted by Crippen LogP contribution is -2.40. The van der Waals surface area contributed by atoms with Gasteiger partial charge in [0.1, 0.15) is 22.5 Å². The molecule has 150 valence electrons. The van der Waals surface area contributed by atoms with E-state index >= 15 is 0 Å². The summed E-state index contributed by atoms with van der Waals surface area (Å²) < 4.78 is 30.3. The van der Waals surface area contributed by atoms with E-state index in [-0.39, 0.29) is 32.7 Å². The number of rotatable bonds is 3. The van der Waals surface area contributed by atoms with Crippen LogP contribution in [-0.2, 0) is 0 Å². The van der Waals surface area contributed by atoms with E-state index in [1.54, 1.807) is 6.07 Å². The first kappa shape index (κ1) is 20.6. The fourth-order valence-electron chi connectivity index (χ4n) is 3.09. The van der Waals surface area contributed by atoms with Crippen LogP contribution in [0.3, 0.4) is 0 Å². The summed E-state index contributed by atoms with van der Waals surface area (Å²) in [5.41, 5.74) is 4.09. The second-order valence-electron chi connectivity index (χ2n) is 6.27. The summed E-state index contributed by atoms with van der Waals surface area (Å²) in [6, 6.07) is 7.85. The second-order valence-corrected chi connectivity index (χ2v) is 8.00. The van der Waals surface area contributed by atoms with Crippen molar-refractivity contribution in [2.75, 3.05) is 5.73 Å². The number of carbonyl (C=O) groups excluding carboxylic acids is 2. The van der Waals surface area contributed by atoms with Crippen molar-refractivity contribution in [1.29, 1.82) is 0 Å². The number of halogens is 5. The minimum atomic E-state index is -1.22. The Morgan fingerprint density at radius 3 is 2.40 bits per heavy atom. The number of hydrogen-bond acceptors (Lipinski definition) is 4. The zero-order chi connectivity index (χ0) is 21.7. The lowest BCUT2D eigenvalue weighted by Gasteiger charge is -2.20. The number of pyridine rings is 1. The third kappa shape index (κ3) is 3.12. The molecule has 0 saturated heterocycles. The molecule has 1 amide bonds. The van der Waals surface area contributed by atoms with Crippen LogP contribution in [0.2, 0.25) is 10.0 Å². The molecule has 0 unspecified atom stereocenters. The summed E-state index contributed by atoms with van der Waals surface area (Å²) in [6.07, 6.45) is 1.41. The van der Waals surface area contributed by atoms with E-state index in [1.807, 2.05) is 0 Å². The first-order chi connectivity index (χ1) is 14.2. The number of Topliss-reactive ketones (excluding diaryl/α,β-unsaturated/α-hetero) is 1. The number of nitrogens with zero attached hydrogens (tertiary/aromatic N) is 2. The fraction of sp³-hybridized carbons (Fsp3) is 0. The second kappa shape index (κ2) is 7.54. The predicted octanol–water partition coefficient (Wildman–Crippen LogP) is 5.18. The molecular formula is C20H9BrCl2F2N3O2+. The summed E-state index contributed by atoms with van der Waals surface area (Å²) in [7, 11) is 0. The number of benzene rings is 2. The number of aromatic nitrogens is 1. The number of ketones is 1. The Labute approximate surface area is 186 Å². The maximum absolute atomic E-state index is 14.5. The molecule has 4 rings (SSSR count). The van der Waals surface area contributed by atoms with E-state index in [2.05, 4.69) is 20.9 Å². The maximum Gasteiger partial charge on any atom is 0.349 e. The van der Waals surface area contributed by atoms with E-state index in [4.69, 9.17) is 28.9 Å². The molecule has 0 saturated carbocycles. The average Bonchev–Trinajstić information content (AvgIpc) is 2.67. The normalized spacial score (nSPS) is 12.4. The van der Waals surface area contributed by atoms with Gasteiger partial charge in [0, 0.05) is 0 Å². The van der Waals surface area contributed by atoms with E-state index in [0.717, 1.165) is 16.7 Å². The predicted molar refractivity (Wildman–Crippen MR) is 112 cm³/mol. The molecule has 30 heavy (non-hydrogen) atoms. The number of carbonyl (C=O) groups is 2. The highest BCUT2D eigenvalue weighted by molar-refractivity contribution is 9.10. The molecule has 2 N–H and O–H groups in total. The smallest absolute Gasteiger partial charge is 0.349 e. The highest BCUT2D eigenvalue weighted by Gasteiger charge is 2.46. The molecule has 2 heterocycles. The van der Waals surface area contributed by atoms with Crippen LogP contribution >= 0.6 is 39.1 Å². The largest absolute Gasteiger partial charge is 0.396 e. The Morgan fingerprint density at radius 2 is 1.73 bits per heavy atom. The molecule has 0 bridgehead atoms. The maximum atomic E-state index is 14.5. The van der Waals surface area contributed by atoms with Crippen LogP contribution in [0.15, 0.2) is 47.1 Å². The van der Waals surface area contributed by atoms with Gasteiger partial charge in [-0.2, -0.15) is 0 Å². The van der Waals surface area contributed by atoms with Gasteiger partial charge in [-0.3, -0.25) is 4.79 Å². The molecular weight excluding hydrogens is 503 g/mol. The number of anilines is 1. The minimum Gasteiger partial charge on any atom is -0.396 e. The van der Waals surface area contributed by atoms with Crippen molar-refractivity contribution in [3.63, 3.8) is 0 Å². The summed E-state index contributed by atoms with van der Waals surface area (Å²) in [4.78, 5) is 30.5. The van der Waals surface area contributed by atoms with Crippen LogP contribution in [-0.4, -0.2) is 27.0 Å². The Balaban J connectivity index is 1.95. The number of fused-ring (bicyclic) bond motifs is 1. The molecule has 1 aliphatic rings. The monoisotopic (exact) mass is 510 g/mol. The average molecular weight is 512 g/mol. The quantitative estimate of drug-likeness (QED) is 0.298. The van der Waals surface area contributed by atoms with Crippen LogP contribution in [0.1, 0.15) is 26.3 Å². The Morgan fingerprint density at radius 1 is 1.07 bits per heavy atom. The molecule has 10 heteroatoms. The molecule has 0 fully saturated rings. The Bertz CT molecular complexity index is 1290. The lowest BCUT2D eigenvalue weighted by atomic mass is 9.94. The summed E-state index contributed by atoms with van der Waals surface area (Å²) in [5.74, 6) is -4.04. The first-order valence-corrected chi connectivity index (χ1v) is 9.86. The van der Waals surface area contributed by atoms with Gasteiger partial charge >= 0.3 is 11.7 Å². The van der Waals surface area contributed by atoms with Crippen molar-refractivity contribution >= 4 is 68.0 Å². The van der Waals surface area contributed by atoms with Gasteiger partial charge in [-0.05, 0) is 51.2 Å². The van der Waals surface area contributed by atoms with Gasteiger partial charge in [-0.15, -0.1) is 4.58 Å². The van der Waals surface area contributed by atoms with Crippen molar-refractivity contribution in [2.24, 2.45) is 0 Å². The van der Waals surface area contributed by atoms with Crippen LogP contribution < -0.4 is 5.73 Å². The highest BCUT2D eigenvalue weighted by atomic mass is 79.9. The summed E-state index contributed by atoms with van der Waals surface area (Å²) in [6.45, 7) is 0. The number of nitrogen functional groups attached to an aromatic ring is 1. The molecule has 0 atom stereocenters. The van der Waals surface area contributed by atoms with Crippen LogP contribution in [0.25, 0.3) is 0 Å². The van der Waals surface area contributed by atoms with Gasteiger partial charge in [0.15, 0.2) is 12.0 Å². The van der Waals surface area contributed by atoms with Gasteiger partial charge in [-0.1, -0.05) is 29.3 Å². The van der Waals surface area contributed by atoms with Gasteiger partial charge in [0.2, 0.25) is 11.5 Å². The highest BCUT2D eigenvalue weighted by Crippen LogP contribution is 2.35. The summed E-state index contributed by atoms with van der Waals surface area (Å²) in [5, 5.41) is 0.0948. The third-order valence-electron chi connectivity index (χ3n) is 4.47. The molecule has 0 spiro atoms. The third-order valence-corrected chi connectivity index (χ3v) is 5.53. The van der Waals surface area contributed by atoms with E-state index < -0.39 is 34.6 Å². The Hall–Kier alpha value is -2.68. The molecule has 2 aromatic carbocycles. The molecule has 1 aromatic heterocycles. The zero-order valence-electron chi connectivity index (χ0n) is 14.7. The van der Waals surface area contributed by atoms with Crippen molar-refractivity contribution in [1.82, 2.24) is 4.98 Å². The van der Waals surface area contributed by atoms with Crippen LogP contribution in [0, 0.1) is 11.6 Å². The van der Waals surface area contributed by atoms with Crippen LogP contribution in [0.4, 0.5) is 20.3 Å². The SMILES string of the molecule is Nc1ccc(F)c(C(=O)C2=[N+](C(=O)c3c(Cl)cccc3Cl)c3ncc(Br)cc32)c1F. The van der Waals surface area contributed by atoms with Gasteiger partial charge in [0.25, 0.3) is 0 Å². The minimum absolute atomic E-state index is 0.0474. The summed E-state index contributed by atoms with van der Waals surface area (Å²) >= 11 is 15.5. The van der Waals surface area contributed by atoms with Crippen LogP contribution in [0.5, 0.6) is 0 Å². The lowest BCUT2D eigenvalue weighted by molar-refractivity contribution is -0.351. The van der Waals surface area contributed by atoms with E-state index in [1.165, 1.54) is 24.4 Å². The van der Waals surface area contributed by atoms with Crippen molar-refractivity contribution < 1.29 is 22.9 Å². The number of amides is 1. The zero-order valence-corrected chi connectivity index (χ0v) is 17.8.